The Morgan fingerprint density at radius 2 is 2.28 bits per heavy atom. The van der Waals surface area contributed by atoms with Gasteiger partial charge in [-0.1, -0.05) is 6.07 Å². The topological polar surface area (TPSA) is 100 Å². The second kappa shape index (κ2) is 5.39. The fourth-order valence-electron chi connectivity index (χ4n) is 1.40. The van der Waals surface area contributed by atoms with Crippen molar-refractivity contribution < 1.29 is 9.53 Å². The number of nitrogens with one attached hydrogen (secondary N) is 3. The molecule has 5 N–H and O–H groups in total. The summed E-state index contributed by atoms with van der Waals surface area (Å²) in [6.45, 7) is 0.0394. The zero-order valence-corrected chi connectivity index (χ0v) is 9.90. The first-order chi connectivity index (χ1) is 8.63. The molecule has 0 atom stereocenters. The van der Waals surface area contributed by atoms with Gasteiger partial charge in [-0.3, -0.25) is 5.41 Å². The van der Waals surface area contributed by atoms with Crippen LogP contribution in [-0.4, -0.2) is 24.5 Å². The number of hydrogen-bond donors (Lipinski definition) is 4. The lowest BCUT2D eigenvalue weighted by Gasteiger charge is -2.09. The van der Waals surface area contributed by atoms with Gasteiger partial charge in [0.2, 0.25) is 0 Å². The van der Waals surface area contributed by atoms with E-state index in [-0.39, 0.29) is 18.5 Å². The predicted octanol–water partition coefficient (Wildman–Crippen LogP) is 1.29. The molecule has 1 aromatic rings. The minimum absolute atomic E-state index is 0.0394. The number of rotatable bonds is 5. The number of urea groups is 1. The molecule has 0 aromatic heterocycles. The van der Waals surface area contributed by atoms with E-state index in [0.29, 0.717) is 17.5 Å². The molecule has 0 heterocycles. The summed E-state index contributed by atoms with van der Waals surface area (Å²) in [6.07, 6.45) is 2.10. The fourth-order valence-corrected chi connectivity index (χ4v) is 1.40. The molecule has 1 fully saturated rings. The van der Waals surface area contributed by atoms with Crippen molar-refractivity contribution >= 4 is 17.6 Å². The van der Waals surface area contributed by atoms with Crippen molar-refractivity contribution in [1.82, 2.24) is 5.32 Å². The van der Waals surface area contributed by atoms with Crippen molar-refractivity contribution in [3.8, 4) is 5.75 Å². The van der Waals surface area contributed by atoms with Gasteiger partial charge in [-0.15, -0.1) is 0 Å². The van der Waals surface area contributed by atoms with E-state index in [0.717, 1.165) is 12.8 Å². The lowest BCUT2D eigenvalue weighted by molar-refractivity contribution is 0.251. The van der Waals surface area contributed by atoms with Gasteiger partial charge in [0.25, 0.3) is 0 Å². The zero-order chi connectivity index (χ0) is 13.0. The predicted molar refractivity (Wildman–Crippen MR) is 69.0 cm³/mol. The van der Waals surface area contributed by atoms with Gasteiger partial charge in [0.05, 0.1) is 0 Å². The van der Waals surface area contributed by atoms with E-state index < -0.39 is 0 Å². The molecule has 0 saturated heterocycles. The number of benzene rings is 1. The molecule has 0 aliphatic heterocycles. The molecule has 1 aromatic carbocycles. The van der Waals surface area contributed by atoms with Crippen LogP contribution in [0.15, 0.2) is 24.3 Å². The Morgan fingerprint density at radius 3 is 2.94 bits per heavy atom. The van der Waals surface area contributed by atoms with Crippen LogP contribution in [0.2, 0.25) is 0 Å². The van der Waals surface area contributed by atoms with Crippen LogP contribution >= 0.6 is 0 Å². The average Bonchev–Trinajstić information content (AvgIpc) is 3.10. The Bertz CT molecular complexity index is 457. The first-order valence-electron chi connectivity index (χ1n) is 5.77. The Kier molecular flexibility index (Phi) is 3.66. The van der Waals surface area contributed by atoms with Gasteiger partial charge in [0.15, 0.2) is 0 Å². The zero-order valence-electron chi connectivity index (χ0n) is 9.90. The lowest BCUT2D eigenvalue weighted by atomic mass is 10.3. The molecule has 0 radical (unpaired) electrons. The van der Waals surface area contributed by atoms with Crippen LogP contribution < -0.4 is 21.1 Å². The van der Waals surface area contributed by atoms with Crippen LogP contribution in [0.5, 0.6) is 5.75 Å². The van der Waals surface area contributed by atoms with Crippen molar-refractivity contribution in [3.63, 3.8) is 0 Å². The highest BCUT2D eigenvalue weighted by Crippen LogP contribution is 2.20. The summed E-state index contributed by atoms with van der Waals surface area (Å²) >= 11 is 0. The van der Waals surface area contributed by atoms with Crippen LogP contribution in [0.4, 0.5) is 10.5 Å². The second-order valence-corrected chi connectivity index (χ2v) is 4.21. The summed E-state index contributed by atoms with van der Waals surface area (Å²) in [5.74, 6) is 0.522. The highest BCUT2D eigenvalue weighted by Gasteiger charge is 2.23. The summed E-state index contributed by atoms with van der Waals surface area (Å²) in [5.41, 5.74) is 5.85. The van der Waals surface area contributed by atoms with E-state index in [2.05, 4.69) is 10.6 Å². The van der Waals surface area contributed by atoms with Crippen LogP contribution in [0, 0.1) is 5.41 Å². The molecule has 6 heteroatoms. The van der Waals surface area contributed by atoms with Gasteiger partial charge in [0, 0.05) is 17.8 Å². The monoisotopic (exact) mass is 248 g/mol. The van der Waals surface area contributed by atoms with Gasteiger partial charge >= 0.3 is 6.03 Å². The number of carbonyl (C=O) groups is 1. The number of carbonyl (C=O) groups excluding carboxylic acids is 1. The molecule has 96 valence electrons. The minimum Gasteiger partial charge on any atom is -0.486 e. The number of nitrogens with two attached hydrogens (primary N) is 1. The van der Waals surface area contributed by atoms with E-state index in [4.69, 9.17) is 15.9 Å². The first kappa shape index (κ1) is 12.2. The molecule has 0 spiro atoms. The number of amides is 2. The van der Waals surface area contributed by atoms with Gasteiger partial charge in [0.1, 0.15) is 18.2 Å². The quantitative estimate of drug-likeness (QED) is 0.466. The first-order valence-corrected chi connectivity index (χ1v) is 5.77. The molecule has 0 unspecified atom stereocenters. The van der Waals surface area contributed by atoms with Gasteiger partial charge in [-0.2, -0.15) is 0 Å². The van der Waals surface area contributed by atoms with Gasteiger partial charge in [-0.05, 0) is 25.0 Å². The maximum atomic E-state index is 11.5. The fraction of sp³-hybridized carbons (Fsp3) is 0.333. The van der Waals surface area contributed by atoms with Gasteiger partial charge < -0.3 is 21.1 Å². The number of amidine groups is 1. The second-order valence-electron chi connectivity index (χ2n) is 4.21. The SMILES string of the molecule is N=C(N)COc1cccc(NC(=O)NC2CC2)c1. The molecule has 6 nitrogen and oxygen atoms in total. The summed E-state index contributed by atoms with van der Waals surface area (Å²) in [7, 11) is 0. The molecule has 2 amide bonds. The molecule has 1 saturated carbocycles. The molecule has 2 rings (SSSR count). The Balaban J connectivity index is 1.89. The van der Waals surface area contributed by atoms with Crippen LogP contribution in [-0.2, 0) is 0 Å². The Hall–Kier alpha value is -2.24. The smallest absolute Gasteiger partial charge is 0.319 e. The van der Waals surface area contributed by atoms with Crippen LogP contribution in [0.3, 0.4) is 0 Å². The molecule has 1 aliphatic rings. The largest absolute Gasteiger partial charge is 0.486 e. The normalized spacial score (nSPS) is 13.8. The van der Waals surface area contributed by atoms with E-state index >= 15 is 0 Å². The van der Waals surface area contributed by atoms with E-state index in [1.54, 1.807) is 24.3 Å². The van der Waals surface area contributed by atoms with Crippen molar-refractivity contribution in [2.45, 2.75) is 18.9 Å². The number of hydrogen-bond acceptors (Lipinski definition) is 3. The third-order valence-corrected chi connectivity index (χ3v) is 2.40. The Labute approximate surface area is 105 Å². The van der Waals surface area contributed by atoms with Crippen molar-refractivity contribution in [3.05, 3.63) is 24.3 Å². The molecule has 0 bridgehead atoms. The van der Waals surface area contributed by atoms with E-state index in [9.17, 15) is 4.79 Å². The molecule has 1 aliphatic carbocycles. The number of ether oxygens (including phenoxy) is 1. The highest BCUT2D eigenvalue weighted by molar-refractivity contribution is 5.89. The third kappa shape index (κ3) is 3.97. The van der Waals surface area contributed by atoms with Gasteiger partial charge in [-0.25, -0.2) is 4.79 Å². The maximum Gasteiger partial charge on any atom is 0.319 e. The van der Waals surface area contributed by atoms with Crippen LogP contribution in [0.1, 0.15) is 12.8 Å². The van der Waals surface area contributed by atoms with Crippen molar-refractivity contribution in [2.75, 3.05) is 11.9 Å². The number of anilines is 1. The standard InChI is InChI=1S/C12H16N4O2/c13-11(14)7-18-10-3-1-2-9(6-10)16-12(17)15-8-4-5-8/h1-3,6,8H,4-5,7H2,(H3,13,14)(H2,15,16,17). The lowest BCUT2D eigenvalue weighted by Crippen LogP contribution is -2.30. The van der Waals surface area contributed by atoms with Crippen LogP contribution in [0.25, 0.3) is 0 Å². The molecular formula is C12H16N4O2. The summed E-state index contributed by atoms with van der Waals surface area (Å²) in [5, 5.41) is 12.6. The van der Waals surface area contributed by atoms with E-state index in [1.807, 2.05) is 0 Å². The van der Waals surface area contributed by atoms with Crippen molar-refractivity contribution in [1.29, 1.82) is 5.41 Å². The average molecular weight is 248 g/mol. The molecule has 18 heavy (non-hydrogen) atoms. The summed E-state index contributed by atoms with van der Waals surface area (Å²) in [4.78, 5) is 11.5. The molecular weight excluding hydrogens is 232 g/mol. The third-order valence-electron chi connectivity index (χ3n) is 2.40. The summed E-state index contributed by atoms with van der Waals surface area (Å²) < 4.78 is 5.26. The maximum absolute atomic E-state index is 11.5. The summed E-state index contributed by atoms with van der Waals surface area (Å²) in [6, 6.07) is 7.08. The van der Waals surface area contributed by atoms with Crippen molar-refractivity contribution in [2.24, 2.45) is 5.73 Å². The Morgan fingerprint density at radius 1 is 1.50 bits per heavy atom. The van der Waals surface area contributed by atoms with E-state index in [1.165, 1.54) is 0 Å². The minimum atomic E-state index is -0.207. The highest BCUT2D eigenvalue weighted by atomic mass is 16.5.